The summed E-state index contributed by atoms with van der Waals surface area (Å²) in [7, 11) is 0. The van der Waals surface area contributed by atoms with Gasteiger partial charge in [0.1, 0.15) is 0 Å². The predicted octanol–water partition coefficient (Wildman–Crippen LogP) is 2.97. The molecule has 2 rings (SSSR count). The fourth-order valence-electron chi connectivity index (χ4n) is 3.40. The number of hydrogen-bond donors (Lipinski definition) is 1. The van der Waals surface area contributed by atoms with Crippen LogP contribution >= 0.6 is 0 Å². The molecular formula is C16H29NO2. The molecule has 19 heavy (non-hydrogen) atoms. The molecule has 0 saturated heterocycles. The minimum Gasteiger partial charge on any atom is -0.353 e. The molecule has 2 bridgehead atoms. The van der Waals surface area contributed by atoms with Gasteiger partial charge in [0.25, 0.3) is 0 Å². The Kier molecular flexibility index (Phi) is 6.35. The highest BCUT2D eigenvalue weighted by Gasteiger charge is 2.34. The highest BCUT2D eigenvalue weighted by atomic mass is 16.7. The summed E-state index contributed by atoms with van der Waals surface area (Å²) in [5, 5.41) is 3.61. The summed E-state index contributed by atoms with van der Waals surface area (Å²) in [4.78, 5) is 0. The smallest absolute Gasteiger partial charge is 0.157 e. The molecular weight excluding hydrogens is 238 g/mol. The van der Waals surface area contributed by atoms with E-state index >= 15 is 0 Å². The van der Waals surface area contributed by atoms with Gasteiger partial charge in [-0.25, -0.2) is 0 Å². The molecule has 1 fully saturated rings. The van der Waals surface area contributed by atoms with Gasteiger partial charge in [-0.3, -0.25) is 0 Å². The van der Waals surface area contributed by atoms with Crippen LogP contribution in [-0.2, 0) is 9.47 Å². The van der Waals surface area contributed by atoms with E-state index < -0.39 is 0 Å². The zero-order valence-corrected chi connectivity index (χ0v) is 12.4. The second kappa shape index (κ2) is 8.03. The lowest BCUT2D eigenvalue weighted by atomic mass is 9.93. The van der Waals surface area contributed by atoms with Crippen LogP contribution in [0.1, 0.15) is 39.5 Å². The Bertz CT molecular complexity index is 274. The van der Waals surface area contributed by atoms with Crippen molar-refractivity contribution < 1.29 is 9.47 Å². The summed E-state index contributed by atoms with van der Waals surface area (Å²) >= 11 is 0. The highest BCUT2D eigenvalue weighted by molar-refractivity contribution is 5.10. The second-order valence-electron chi connectivity index (χ2n) is 5.73. The van der Waals surface area contributed by atoms with Crippen molar-refractivity contribution >= 4 is 0 Å². The molecule has 0 heterocycles. The van der Waals surface area contributed by atoms with E-state index in [9.17, 15) is 0 Å². The standard InChI is InChI=1S/C16H29NO2/c1-3-18-16(19-4-2)6-5-9-17-12-15-11-13-7-8-14(15)10-13/h7-8,13-17H,3-6,9-12H2,1-2H3. The first-order valence-electron chi connectivity index (χ1n) is 7.95. The fraction of sp³-hybridized carbons (Fsp3) is 0.875. The Labute approximate surface area is 117 Å². The van der Waals surface area contributed by atoms with Gasteiger partial charge in [-0.15, -0.1) is 0 Å². The van der Waals surface area contributed by atoms with Crippen LogP contribution in [0.5, 0.6) is 0 Å². The molecule has 3 heteroatoms. The highest BCUT2D eigenvalue weighted by Crippen LogP contribution is 2.42. The van der Waals surface area contributed by atoms with Gasteiger partial charge in [-0.1, -0.05) is 12.2 Å². The molecule has 0 aromatic heterocycles. The zero-order valence-electron chi connectivity index (χ0n) is 12.4. The van der Waals surface area contributed by atoms with Crippen molar-refractivity contribution in [1.82, 2.24) is 5.32 Å². The van der Waals surface area contributed by atoms with Crippen LogP contribution in [-0.4, -0.2) is 32.6 Å². The molecule has 0 aromatic rings. The number of hydrogen-bond acceptors (Lipinski definition) is 3. The van der Waals surface area contributed by atoms with Gasteiger partial charge in [0.2, 0.25) is 0 Å². The second-order valence-corrected chi connectivity index (χ2v) is 5.73. The predicted molar refractivity (Wildman–Crippen MR) is 78.0 cm³/mol. The number of allylic oxidation sites excluding steroid dienone is 2. The summed E-state index contributed by atoms with van der Waals surface area (Å²) in [6.07, 6.45) is 9.75. The molecule has 1 N–H and O–H groups in total. The topological polar surface area (TPSA) is 30.5 Å². The third-order valence-electron chi connectivity index (χ3n) is 4.32. The average Bonchev–Trinajstić information content (AvgIpc) is 3.01. The van der Waals surface area contributed by atoms with Crippen LogP contribution < -0.4 is 5.32 Å². The summed E-state index contributed by atoms with van der Waals surface area (Å²) in [6, 6.07) is 0. The van der Waals surface area contributed by atoms with E-state index in [1.54, 1.807) is 0 Å². The summed E-state index contributed by atoms with van der Waals surface area (Å²) in [6.45, 7) is 7.76. The molecule has 2 aliphatic carbocycles. The Balaban J connectivity index is 1.51. The van der Waals surface area contributed by atoms with E-state index in [4.69, 9.17) is 9.47 Å². The van der Waals surface area contributed by atoms with Gasteiger partial charge in [0.15, 0.2) is 6.29 Å². The van der Waals surface area contributed by atoms with Crippen molar-refractivity contribution in [3.63, 3.8) is 0 Å². The summed E-state index contributed by atoms with van der Waals surface area (Å²) in [5.74, 6) is 2.62. The van der Waals surface area contributed by atoms with Crippen molar-refractivity contribution in [2.75, 3.05) is 26.3 Å². The van der Waals surface area contributed by atoms with Crippen molar-refractivity contribution in [1.29, 1.82) is 0 Å². The van der Waals surface area contributed by atoms with E-state index in [0.717, 1.165) is 50.4 Å². The van der Waals surface area contributed by atoms with Crippen LogP contribution in [0.4, 0.5) is 0 Å². The van der Waals surface area contributed by atoms with Crippen LogP contribution in [0.3, 0.4) is 0 Å². The molecule has 3 atom stereocenters. The number of rotatable bonds is 10. The Morgan fingerprint density at radius 3 is 2.53 bits per heavy atom. The molecule has 0 radical (unpaired) electrons. The maximum Gasteiger partial charge on any atom is 0.157 e. The number of nitrogens with one attached hydrogen (secondary N) is 1. The van der Waals surface area contributed by atoms with Crippen LogP contribution in [0.25, 0.3) is 0 Å². The van der Waals surface area contributed by atoms with E-state index in [-0.39, 0.29) is 6.29 Å². The lowest BCUT2D eigenvalue weighted by Gasteiger charge is -2.19. The molecule has 0 aromatic carbocycles. The average molecular weight is 267 g/mol. The van der Waals surface area contributed by atoms with E-state index in [0.29, 0.717) is 0 Å². The lowest BCUT2D eigenvalue weighted by molar-refractivity contribution is -0.139. The molecule has 2 aliphatic rings. The van der Waals surface area contributed by atoms with E-state index in [2.05, 4.69) is 17.5 Å². The lowest BCUT2D eigenvalue weighted by Crippen LogP contribution is -2.27. The van der Waals surface area contributed by atoms with Gasteiger partial charge in [-0.2, -0.15) is 0 Å². The first kappa shape index (κ1) is 15.0. The van der Waals surface area contributed by atoms with Gasteiger partial charge in [0, 0.05) is 13.2 Å². The molecule has 1 saturated carbocycles. The third kappa shape index (κ3) is 4.59. The largest absolute Gasteiger partial charge is 0.353 e. The van der Waals surface area contributed by atoms with Crippen molar-refractivity contribution in [2.45, 2.75) is 45.8 Å². The van der Waals surface area contributed by atoms with Crippen LogP contribution in [0, 0.1) is 17.8 Å². The van der Waals surface area contributed by atoms with Gasteiger partial charge >= 0.3 is 0 Å². The van der Waals surface area contributed by atoms with E-state index in [1.807, 2.05) is 13.8 Å². The van der Waals surface area contributed by atoms with Crippen molar-refractivity contribution in [3.05, 3.63) is 12.2 Å². The Morgan fingerprint density at radius 2 is 1.95 bits per heavy atom. The van der Waals surface area contributed by atoms with Crippen LogP contribution in [0.2, 0.25) is 0 Å². The fourth-order valence-corrected chi connectivity index (χ4v) is 3.40. The molecule has 0 spiro atoms. The third-order valence-corrected chi connectivity index (χ3v) is 4.32. The number of ether oxygens (including phenoxy) is 2. The van der Waals surface area contributed by atoms with E-state index in [1.165, 1.54) is 19.4 Å². The minimum atomic E-state index is -0.0118. The molecule has 0 aliphatic heterocycles. The maximum absolute atomic E-state index is 5.54. The van der Waals surface area contributed by atoms with Crippen LogP contribution in [0.15, 0.2) is 12.2 Å². The summed E-state index contributed by atoms with van der Waals surface area (Å²) in [5.41, 5.74) is 0. The first-order valence-corrected chi connectivity index (χ1v) is 7.95. The Hall–Kier alpha value is -0.380. The maximum atomic E-state index is 5.54. The zero-order chi connectivity index (χ0) is 13.5. The van der Waals surface area contributed by atoms with Crippen molar-refractivity contribution in [3.8, 4) is 0 Å². The van der Waals surface area contributed by atoms with Crippen molar-refractivity contribution in [2.24, 2.45) is 17.8 Å². The van der Waals surface area contributed by atoms with Gasteiger partial charge in [-0.05, 0) is 70.4 Å². The normalized spacial score (nSPS) is 28.7. The minimum absolute atomic E-state index is 0.0118. The molecule has 3 unspecified atom stereocenters. The van der Waals surface area contributed by atoms with Gasteiger partial charge in [0.05, 0.1) is 0 Å². The SMILES string of the molecule is CCOC(CCCNCC1CC2C=CC1C2)OCC. The first-order chi connectivity index (χ1) is 9.33. The molecule has 3 nitrogen and oxygen atoms in total. The monoisotopic (exact) mass is 267 g/mol. The van der Waals surface area contributed by atoms with Gasteiger partial charge < -0.3 is 14.8 Å². The number of fused-ring (bicyclic) bond motifs is 2. The molecule has 0 amide bonds. The summed E-state index contributed by atoms with van der Waals surface area (Å²) < 4.78 is 11.1. The Morgan fingerprint density at radius 1 is 1.16 bits per heavy atom. The quantitative estimate of drug-likeness (QED) is 0.375. The molecule has 110 valence electrons.